The summed E-state index contributed by atoms with van der Waals surface area (Å²) in [5.74, 6) is -1.24. The molecule has 9 heteroatoms. The second-order valence-electron chi connectivity index (χ2n) is 5.77. The van der Waals surface area contributed by atoms with Crippen molar-refractivity contribution in [2.45, 2.75) is 6.61 Å². The van der Waals surface area contributed by atoms with E-state index in [4.69, 9.17) is 21.4 Å². The lowest BCUT2D eigenvalue weighted by atomic mass is 10.2. The Balaban J connectivity index is 1.71. The summed E-state index contributed by atoms with van der Waals surface area (Å²) in [6.45, 7) is -0.285. The lowest BCUT2D eigenvalue weighted by Gasteiger charge is -2.09. The number of rotatable bonds is 6. The van der Waals surface area contributed by atoms with Crippen LogP contribution in [0, 0.1) is 0 Å². The zero-order chi connectivity index (χ0) is 20.3. The van der Waals surface area contributed by atoms with Crippen LogP contribution in [0.15, 0.2) is 51.8 Å². The fourth-order valence-corrected chi connectivity index (χ4v) is 3.86. The van der Waals surface area contributed by atoms with E-state index < -0.39 is 23.7 Å². The number of hydrogen-bond donors (Lipinski definition) is 1. The highest BCUT2D eigenvalue weighted by atomic mass is 79.9. The molecule has 3 rings (SSSR count). The van der Waals surface area contributed by atoms with Crippen LogP contribution in [-0.4, -0.2) is 33.7 Å². The predicted octanol–water partition coefficient (Wildman–Crippen LogP) is 4.80. The van der Waals surface area contributed by atoms with Crippen molar-refractivity contribution in [2.75, 3.05) is 6.54 Å². The SMILES string of the molecule is O=C(O)CN1C(=O)S/C(=C/c2ccc(OCc3ccc(Cl)cc3)c(Br)c2)C1=O. The molecule has 2 aromatic carbocycles. The maximum atomic E-state index is 12.2. The van der Waals surface area contributed by atoms with Crippen molar-refractivity contribution in [3.05, 3.63) is 68.0 Å². The van der Waals surface area contributed by atoms with E-state index in [1.54, 1.807) is 36.4 Å². The molecule has 0 atom stereocenters. The summed E-state index contributed by atoms with van der Waals surface area (Å²) in [4.78, 5) is 35.7. The Kier molecular flexibility index (Phi) is 6.43. The standard InChI is InChI=1S/C19H13BrClNO5S/c20-14-7-12(8-16-18(25)22(9-17(23)24)19(26)28-16)3-6-15(14)27-10-11-1-4-13(21)5-2-11/h1-8H,9-10H2,(H,23,24)/b16-8+. The Hall–Kier alpha value is -2.29. The summed E-state index contributed by atoms with van der Waals surface area (Å²) in [6, 6.07) is 12.6. The Labute approximate surface area is 178 Å². The van der Waals surface area contributed by atoms with Crippen LogP contribution in [0.3, 0.4) is 0 Å². The quantitative estimate of drug-likeness (QED) is 0.595. The van der Waals surface area contributed by atoms with Gasteiger partial charge < -0.3 is 9.84 Å². The first-order chi connectivity index (χ1) is 13.3. The van der Waals surface area contributed by atoms with Crippen molar-refractivity contribution >= 4 is 62.5 Å². The van der Waals surface area contributed by atoms with Crippen LogP contribution in [-0.2, 0) is 16.2 Å². The molecule has 28 heavy (non-hydrogen) atoms. The zero-order valence-corrected chi connectivity index (χ0v) is 17.4. The molecule has 2 aromatic rings. The normalized spacial score (nSPS) is 15.4. The minimum Gasteiger partial charge on any atom is -0.488 e. The number of amides is 2. The predicted molar refractivity (Wildman–Crippen MR) is 110 cm³/mol. The van der Waals surface area contributed by atoms with Crippen molar-refractivity contribution in [2.24, 2.45) is 0 Å². The molecule has 1 aliphatic heterocycles. The highest BCUT2D eigenvalue weighted by molar-refractivity contribution is 9.10. The van der Waals surface area contributed by atoms with Gasteiger partial charge in [-0.15, -0.1) is 0 Å². The molecule has 0 aromatic heterocycles. The number of ether oxygens (including phenoxy) is 1. The van der Waals surface area contributed by atoms with E-state index in [2.05, 4.69) is 15.9 Å². The average Bonchev–Trinajstić information content (AvgIpc) is 2.89. The molecule has 1 saturated heterocycles. The molecule has 0 saturated carbocycles. The summed E-state index contributed by atoms with van der Waals surface area (Å²) < 4.78 is 6.46. The number of thioether (sulfide) groups is 1. The average molecular weight is 483 g/mol. The van der Waals surface area contributed by atoms with E-state index in [0.29, 0.717) is 44.1 Å². The first-order valence-corrected chi connectivity index (χ1v) is 9.96. The molecule has 0 aliphatic carbocycles. The minimum absolute atomic E-state index is 0.174. The Morgan fingerprint density at radius 2 is 1.93 bits per heavy atom. The molecule has 0 unspecified atom stereocenters. The number of carboxylic acids is 1. The van der Waals surface area contributed by atoms with Gasteiger partial charge in [-0.25, -0.2) is 0 Å². The number of carbonyl (C=O) groups is 3. The van der Waals surface area contributed by atoms with Crippen LogP contribution in [0.2, 0.25) is 5.02 Å². The summed E-state index contributed by atoms with van der Waals surface area (Å²) in [6.07, 6.45) is 1.54. The summed E-state index contributed by atoms with van der Waals surface area (Å²) in [7, 11) is 0. The Morgan fingerprint density at radius 3 is 2.57 bits per heavy atom. The summed E-state index contributed by atoms with van der Waals surface area (Å²) in [5.41, 5.74) is 1.64. The monoisotopic (exact) mass is 481 g/mol. The maximum Gasteiger partial charge on any atom is 0.323 e. The van der Waals surface area contributed by atoms with Crippen molar-refractivity contribution in [1.29, 1.82) is 0 Å². The van der Waals surface area contributed by atoms with Gasteiger partial charge in [0.15, 0.2) is 0 Å². The minimum atomic E-state index is -1.24. The fraction of sp³-hybridized carbons (Fsp3) is 0.105. The molecule has 1 aliphatic rings. The maximum absolute atomic E-state index is 12.2. The van der Waals surface area contributed by atoms with Gasteiger partial charge in [-0.3, -0.25) is 19.3 Å². The zero-order valence-electron chi connectivity index (χ0n) is 14.2. The number of imide groups is 1. The van der Waals surface area contributed by atoms with E-state index in [1.165, 1.54) is 0 Å². The first-order valence-electron chi connectivity index (χ1n) is 7.97. The first kappa shape index (κ1) is 20.4. The number of carboxylic acid groups (broad SMARTS) is 1. The van der Waals surface area contributed by atoms with Gasteiger partial charge in [-0.1, -0.05) is 29.8 Å². The van der Waals surface area contributed by atoms with Crippen LogP contribution >= 0.6 is 39.3 Å². The lowest BCUT2D eigenvalue weighted by Crippen LogP contribution is -2.33. The van der Waals surface area contributed by atoms with E-state index >= 15 is 0 Å². The lowest BCUT2D eigenvalue weighted by molar-refractivity contribution is -0.140. The molecule has 1 heterocycles. The summed E-state index contributed by atoms with van der Waals surface area (Å²) in [5, 5.41) is 8.86. The van der Waals surface area contributed by atoms with Gasteiger partial charge in [0.05, 0.1) is 9.38 Å². The topological polar surface area (TPSA) is 83.9 Å². The second-order valence-corrected chi connectivity index (χ2v) is 8.05. The molecule has 1 fully saturated rings. The van der Waals surface area contributed by atoms with E-state index in [0.717, 1.165) is 5.56 Å². The number of benzene rings is 2. The van der Waals surface area contributed by atoms with E-state index in [-0.39, 0.29) is 4.91 Å². The summed E-state index contributed by atoms with van der Waals surface area (Å²) >= 11 is 10.0. The fourth-order valence-electron chi connectivity index (χ4n) is 2.39. The van der Waals surface area contributed by atoms with Crippen LogP contribution in [0.25, 0.3) is 6.08 Å². The van der Waals surface area contributed by atoms with Gasteiger partial charge in [0.25, 0.3) is 11.1 Å². The van der Waals surface area contributed by atoms with Crippen LogP contribution in [0.5, 0.6) is 5.75 Å². The molecular weight excluding hydrogens is 470 g/mol. The molecule has 0 radical (unpaired) electrons. The van der Waals surface area contributed by atoms with Crippen molar-refractivity contribution < 1.29 is 24.2 Å². The van der Waals surface area contributed by atoms with Gasteiger partial charge in [-0.2, -0.15) is 0 Å². The number of nitrogens with zero attached hydrogens (tertiary/aromatic N) is 1. The Bertz CT molecular complexity index is 977. The number of aliphatic carboxylic acids is 1. The van der Waals surface area contributed by atoms with Gasteiger partial charge in [0.2, 0.25) is 0 Å². The van der Waals surface area contributed by atoms with E-state index in [1.807, 2.05) is 12.1 Å². The van der Waals surface area contributed by atoms with Crippen LogP contribution in [0.4, 0.5) is 4.79 Å². The number of carbonyl (C=O) groups excluding carboxylic acids is 2. The van der Waals surface area contributed by atoms with Gasteiger partial charge in [0.1, 0.15) is 18.9 Å². The molecule has 0 spiro atoms. The van der Waals surface area contributed by atoms with Crippen molar-refractivity contribution in [3.63, 3.8) is 0 Å². The third-order valence-corrected chi connectivity index (χ3v) is 5.51. The molecule has 0 bridgehead atoms. The molecule has 6 nitrogen and oxygen atoms in total. The van der Waals surface area contributed by atoms with Crippen molar-refractivity contribution in [1.82, 2.24) is 4.90 Å². The van der Waals surface area contributed by atoms with Crippen molar-refractivity contribution in [3.8, 4) is 5.75 Å². The van der Waals surface area contributed by atoms with Gasteiger partial charge in [-0.05, 0) is 69.2 Å². The Morgan fingerprint density at radius 1 is 1.21 bits per heavy atom. The molecule has 144 valence electrons. The van der Waals surface area contributed by atoms with Gasteiger partial charge in [0, 0.05) is 5.02 Å². The molecule has 2 amide bonds. The van der Waals surface area contributed by atoms with E-state index in [9.17, 15) is 14.4 Å². The van der Waals surface area contributed by atoms with Gasteiger partial charge >= 0.3 is 5.97 Å². The second kappa shape index (κ2) is 8.81. The third-order valence-electron chi connectivity index (χ3n) is 3.73. The number of halogens is 2. The molecule has 1 N–H and O–H groups in total. The van der Waals surface area contributed by atoms with Crippen LogP contribution < -0.4 is 4.74 Å². The highest BCUT2D eigenvalue weighted by Crippen LogP contribution is 2.34. The smallest absolute Gasteiger partial charge is 0.323 e. The largest absolute Gasteiger partial charge is 0.488 e. The highest BCUT2D eigenvalue weighted by Gasteiger charge is 2.36. The third kappa shape index (κ3) is 4.95. The molecular formula is C19H13BrClNO5S. The number of hydrogen-bond acceptors (Lipinski definition) is 5. The van der Waals surface area contributed by atoms with Crippen LogP contribution in [0.1, 0.15) is 11.1 Å².